The van der Waals surface area contributed by atoms with Crippen molar-refractivity contribution in [3.8, 4) is 11.5 Å². The lowest BCUT2D eigenvalue weighted by Crippen LogP contribution is -2.32. The maximum absolute atomic E-state index is 12.4. The Hall–Kier alpha value is -3.28. The number of methoxy groups -OCH3 is 2. The topological polar surface area (TPSA) is 76.7 Å². The summed E-state index contributed by atoms with van der Waals surface area (Å²) in [5, 5.41) is 5.67. The van der Waals surface area contributed by atoms with Gasteiger partial charge in [0.2, 0.25) is 5.91 Å². The smallest absolute Gasteiger partial charge is 0.253 e. The van der Waals surface area contributed by atoms with Crippen molar-refractivity contribution in [2.45, 2.75) is 26.3 Å². The summed E-state index contributed by atoms with van der Waals surface area (Å²) in [6.45, 7) is 3.93. The number of ether oxygens (including phenoxy) is 2. The molecule has 0 fully saturated rings. The lowest BCUT2D eigenvalue weighted by atomic mass is 10.1. The van der Waals surface area contributed by atoms with Crippen LogP contribution >= 0.6 is 0 Å². The van der Waals surface area contributed by atoms with Gasteiger partial charge in [-0.05, 0) is 49.2 Å². The molecule has 6 heteroatoms. The number of carbonyl (C=O) groups excluding carboxylic acids is 2. The van der Waals surface area contributed by atoms with Gasteiger partial charge >= 0.3 is 0 Å². The van der Waals surface area contributed by atoms with Crippen LogP contribution in [0, 0.1) is 0 Å². The molecule has 0 unspecified atom stereocenters. The molecule has 2 amide bonds. The summed E-state index contributed by atoms with van der Waals surface area (Å²) in [5.41, 5.74) is 1.64. The molecule has 0 aliphatic heterocycles. The van der Waals surface area contributed by atoms with Crippen LogP contribution in [0.4, 0.5) is 5.69 Å². The Bertz CT molecular complexity index is 839. The molecule has 0 aromatic heterocycles. The highest BCUT2D eigenvalue weighted by Crippen LogP contribution is 2.23. The van der Waals surface area contributed by atoms with Crippen molar-refractivity contribution < 1.29 is 19.1 Å². The Morgan fingerprint density at radius 1 is 1.07 bits per heavy atom. The summed E-state index contributed by atoms with van der Waals surface area (Å²) in [6.07, 6.45) is 3.88. The van der Waals surface area contributed by atoms with Crippen LogP contribution in [-0.2, 0) is 4.79 Å². The molecule has 0 aliphatic rings. The van der Waals surface area contributed by atoms with Crippen LogP contribution in [0.1, 0.15) is 36.2 Å². The zero-order chi connectivity index (χ0) is 20.5. The normalized spacial score (nSPS) is 11.7. The highest BCUT2D eigenvalue weighted by molar-refractivity contribution is 6.07. The molecule has 0 saturated carbocycles. The van der Waals surface area contributed by atoms with Gasteiger partial charge in [-0.2, -0.15) is 0 Å². The Labute approximate surface area is 165 Å². The lowest BCUT2D eigenvalue weighted by Gasteiger charge is -2.14. The highest BCUT2D eigenvalue weighted by atomic mass is 16.5. The Kier molecular flexibility index (Phi) is 7.63. The van der Waals surface area contributed by atoms with Gasteiger partial charge in [-0.15, -0.1) is 0 Å². The summed E-state index contributed by atoms with van der Waals surface area (Å²) in [7, 11) is 3.13. The third-order valence-electron chi connectivity index (χ3n) is 4.22. The van der Waals surface area contributed by atoms with Crippen molar-refractivity contribution >= 4 is 23.6 Å². The van der Waals surface area contributed by atoms with E-state index in [1.165, 1.54) is 6.08 Å². The maximum atomic E-state index is 12.4. The summed E-state index contributed by atoms with van der Waals surface area (Å²) < 4.78 is 10.4. The average Bonchev–Trinajstić information content (AvgIpc) is 2.72. The van der Waals surface area contributed by atoms with Crippen LogP contribution in [0.3, 0.4) is 0 Å². The van der Waals surface area contributed by atoms with E-state index >= 15 is 0 Å². The van der Waals surface area contributed by atoms with E-state index in [9.17, 15) is 9.59 Å². The first kappa shape index (κ1) is 21.0. The van der Waals surface area contributed by atoms with Crippen LogP contribution in [0.5, 0.6) is 11.5 Å². The van der Waals surface area contributed by atoms with Gasteiger partial charge in [0.15, 0.2) is 0 Å². The zero-order valence-electron chi connectivity index (χ0n) is 16.6. The fourth-order valence-corrected chi connectivity index (χ4v) is 2.47. The first-order valence-electron chi connectivity index (χ1n) is 9.08. The molecular weight excluding hydrogens is 356 g/mol. The van der Waals surface area contributed by atoms with E-state index in [1.807, 2.05) is 13.8 Å². The SMILES string of the molecule is CC[C@H](C)NC(=O)c1ccccc1NC(=O)/C=C/c1cc(OC)cc(OC)c1. The number of para-hydroxylation sites is 1. The van der Waals surface area contributed by atoms with Gasteiger partial charge in [0, 0.05) is 18.2 Å². The van der Waals surface area contributed by atoms with Gasteiger partial charge < -0.3 is 20.1 Å². The molecule has 148 valence electrons. The third-order valence-corrected chi connectivity index (χ3v) is 4.22. The molecule has 0 saturated heterocycles. The minimum Gasteiger partial charge on any atom is -0.497 e. The molecule has 28 heavy (non-hydrogen) atoms. The fourth-order valence-electron chi connectivity index (χ4n) is 2.47. The molecule has 0 bridgehead atoms. The van der Waals surface area contributed by atoms with E-state index in [4.69, 9.17) is 9.47 Å². The molecular formula is C22H26N2O4. The number of hydrogen-bond acceptors (Lipinski definition) is 4. The van der Waals surface area contributed by atoms with E-state index in [0.29, 0.717) is 22.7 Å². The molecule has 2 aromatic carbocycles. The van der Waals surface area contributed by atoms with Gasteiger partial charge in [-0.1, -0.05) is 19.1 Å². The minimum absolute atomic E-state index is 0.0548. The molecule has 2 N–H and O–H groups in total. The summed E-state index contributed by atoms with van der Waals surface area (Å²) in [6, 6.07) is 12.3. The number of hydrogen-bond donors (Lipinski definition) is 2. The van der Waals surface area contributed by atoms with Crippen molar-refractivity contribution in [3.63, 3.8) is 0 Å². The summed E-state index contributed by atoms with van der Waals surface area (Å²) in [4.78, 5) is 24.8. The zero-order valence-corrected chi connectivity index (χ0v) is 16.6. The molecule has 0 aliphatic carbocycles. The van der Waals surface area contributed by atoms with E-state index in [1.54, 1.807) is 62.8 Å². The van der Waals surface area contributed by atoms with Crippen molar-refractivity contribution in [3.05, 3.63) is 59.7 Å². The average molecular weight is 382 g/mol. The van der Waals surface area contributed by atoms with Crippen molar-refractivity contribution in [2.75, 3.05) is 19.5 Å². The minimum atomic E-state index is -0.342. The largest absolute Gasteiger partial charge is 0.497 e. The van der Waals surface area contributed by atoms with Crippen LogP contribution in [0.2, 0.25) is 0 Å². The molecule has 2 rings (SSSR count). The Morgan fingerprint density at radius 3 is 2.32 bits per heavy atom. The number of nitrogens with one attached hydrogen (secondary N) is 2. The molecule has 0 heterocycles. The van der Waals surface area contributed by atoms with Crippen molar-refractivity contribution in [1.29, 1.82) is 0 Å². The first-order valence-corrected chi connectivity index (χ1v) is 9.08. The van der Waals surface area contributed by atoms with Crippen molar-refractivity contribution in [2.24, 2.45) is 0 Å². The van der Waals surface area contributed by atoms with E-state index in [0.717, 1.165) is 12.0 Å². The molecule has 2 aromatic rings. The number of benzene rings is 2. The number of amides is 2. The maximum Gasteiger partial charge on any atom is 0.253 e. The van der Waals surface area contributed by atoms with Crippen LogP contribution in [0.25, 0.3) is 6.08 Å². The third kappa shape index (κ3) is 5.87. The van der Waals surface area contributed by atoms with Crippen LogP contribution in [-0.4, -0.2) is 32.1 Å². The number of anilines is 1. The monoisotopic (exact) mass is 382 g/mol. The second-order valence-electron chi connectivity index (χ2n) is 6.30. The predicted octanol–water partition coefficient (Wildman–Crippen LogP) is 3.88. The highest BCUT2D eigenvalue weighted by Gasteiger charge is 2.13. The quantitative estimate of drug-likeness (QED) is 0.679. The Morgan fingerprint density at radius 2 is 1.71 bits per heavy atom. The molecule has 6 nitrogen and oxygen atoms in total. The van der Waals surface area contributed by atoms with Gasteiger partial charge in [-0.25, -0.2) is 0 Å². The molecule has 0 spiro atoms. The number of rotatable bonds is 8. The van der Waals surface area contributed by atoms with Gasteiger partial charge in [0.25, 0.3) is 5.91 Å². The van der Waals surface area contributed by atoms with Gasteiger partial charge in [0.1, 0.15) is 11.5 Å². The lowest BCUT2D eigenvalue weighted by molar-refractivity contribution is -0.111. The fraction of sp³-hybridized carbons (Fsp3) is 0.273. The van der Waals surface area contributed by atoms with Gasteiger partial charge in [0.05, 0.1) is 25.5 Å². The molecule has 0 radical (unpaired) electrons. The van der Waals surface area contributed by atoms with E-state index < -0.39 is 0 Å². The van der Waals surface area contributed by atoms with Crippen molar-refractivity contribution in [1.82, 2.24) is 5.32 Å². The number of carbonyl (C=O) groups is 2. The van der Waals surface area contributed by atoms with Crippen LogP contribution < -0.4 is 20.1 Å². The molecule has 1 atom stereocenters. The Balaban J connectivity index is 2.13. The van der Waals surface area contributed by atoms with Gasteiger partial charge in [-0.3, -0.25) is 9.59 Å². The predicted molar refractivity (Wildman–Crippen MR) is 111 cm³/mol. The summed E-state index contributed by atoms with van der Waals surface area (Å²) in [5.74, 6) is 0.704. The van der Waals surface area contributed by atoms with Crippen LogP contribution in [0.15, 0.2) is 48.5 Å². The van der Waals surface area contributed by atoms with E-state index in [-0.39, 0.29) is 17.9 Å². The summed E-state index contributed by atoms with van der Waals surface area (Å²) >= 11 is 0. The standard InChI is InChI=1S/C22H26N2O4/c1-5-15(2)23-22(26)19-8-6-7-9-20(19)24-21(25)11-10-16-12-17(27-3)14-18(13-16)28-4/h6-15H,5H2,1-4H3,(H,23,26)(H,24,25)/b11-10+/t15-/m0/s1. The second-order valence-corrected chi connectivity index (χ2v) is 6.30. The first-order chi connectivity index (χ1) is 13.5. The second kappa shape index (κ2) is 10.2. The van der Waals surface area contributed by atoms with E-state index in [2.05, 4.69) is 10.6 Å².